The molecule has 0 bridgehead atoms. The lowest BCUT2D eigenvalue weighted by Gasteiger charge is -2.23. The Balaban J connectivity index is 1.76. The monoisotopic (exact) mass is 387 g/mol. The van der Waals surface area contributed by atoms with Crippen molar-refractivity contribution in [2.24, 2.45) is 11.3 Å². The first-order valence-electron chi connectivity index (χ1n) is 7.41. The number of halogens is 1. The molecule has 10 nitrogen and oxygen atoms in total. The average molecular weight is 388 g/mol. The minimum Gasteiger partial charge on any atom is -0.389 e. The van der Waals surface area contributed by atoms with Crippen LogP contribution in [0, 0.1) is 11.3 Å². The summed E-state index contributed by atoms with van der Waals surface area (Å²) in [6.07, 6.45) is 0.889. The van der Waals surface area contributed by atoms with Gasteiger partial charge in [0.1, 0.15) is 11.6 Å². The van der Waals surface area contributed by atoms with Crippen LogP contribution in [0.4, 0.5) is 5.82 Å². The molecule has 5 atom stereocenters. The van der Waals surface area contributed by atoms with Crippen molar-refractivity contribution >= 4 is 36.2 Å². The van der Waals surface area contributed by atoms with E-state index < -0.39 is 31.3 Å². The summed E-state index contributed by atoms with van der Waals surface area (Å²) in [6, 6.07) is -0.577. The molecule has 0 aromatic carbocycles. The molecule has 12 heteroatoms. The predicted molar refractivity (Wildman–Crippen MR) is 87.5 cm³/mol. The van der Waals surface area contributed by atoms with Crippen LogP contribution in [0.25, 0.3) is 11.2 Å². The molecule has 0 amide bonds. The summed E-state index contributed by atoms with van der Waals surface area (Å²) < 4.78 is 12.7. The second kappa shape index (κ2) is 5.23. The highest BCUT2D eigenvalue weighted by molar-refractivity contribution is 7.55. The van der Waals surface area contributed by atoms with Gasteiger partial charge < -0.3 is 30.3 Å². The second-order valence-corrected chi connectivity index (χ2v) is 8.27. The molecular weight excluding hydrogens is 373 g/mol. The number of fused-ring (bicyclic) bond motifs is 2. The van der Waals surface area contributed by atoms with Crippen molar-refractivity contribution < 1.29 is 24.6 Å². The molecule has 4 rings (SSSR count). The van der Waals surface area contributed by atoms with E-state index in [2.05, 4.69) is 15.0 Å². The average Bonchev–Trinajstić information content (AvgIpc) is 3.01. The van der Waals surface area contributed by atoms with Crippen molar-refractivity contribution in [3.05, 3.63) is 23.5 Å². The normalized spacial score (nSPS) is 34.8. The maximum atomic E-state index is 11.1. The number of aromatic nitrogens is 4. The molecule has 6 N–H and O–H groups in total. The van der Waals surface area contributed by atoms with Gasteiger partial charge >= 0.3 is 7.60 Å². The molecule has 2 aliphatic carbocycles. The third kappa shape index (κ3) is 2.49. The van der Waals surface area contributed by atoms with Gasteiger partial charge in [0.2, 0.25) is 5.28 Å². The summed E-state index contributed by atoms with van der Waals surface area (Å²) in [4.78, 5) is 30.1. The first-order valence-corrected chi connectivity index (χ1v) is 9.47. The molecule has 2 saturated carbocycles. The fourth-order valence-electron chi connectivity index (χ4n) is 3.86. The largest absolute Gasteiger partial charge is 0.389 e. The lowest BCUT2D eigenvalue weighted by molar-refractivity contribution is -0.00808. The molecule has 2 fully saturated rings. The van der Waals surface area contributed by atoms with Crippen LogP contribution in [-0.4, -0.2) is 51.7 Å². The van der Waals surface area contributed by atoms with Crippen LogP contribution >= 0.6 is 19.2 Å². The smallest absolute Gasteiger partial charge is 0.348 e. The quantitative estimate of drug-likeness (QED) is 0.360. The molecule has 0 spiro atoms. The summed E-state index contributed by atoms with van der Waals surface area (Å²) in [6.45, 7) is 0. The third-order valence-corrected chi connectivity index (χ3v) is 5.77. The van der Waals surface area contributed by atoms with E-state index in [1.165, 1.54) is 12.4 Å². The number of hydrogen-bond acceptors (Lipinski definition) is 7. The van der Waals surface area contributed by atoms with Gasteiger partial charge in [0.15, 0.2) is 11.5 Å². The highest BCUT2D eigenvalue weighted by Crippen LogP contribution is 2.69. The summed E-state index contributed by atoms with van der Waals surface area (Å²) in [5, 5.41) is 20.9. The van der Waals surface area contributed by atoms with Gasteiger partial charge in [-0.15, -0.1) is 0 Å². The summed E-state index contributed by atoms with van der Waals surface area (Å²) in [5.74, 6) is 0.645. The van der Waals surface area contributed by atoms with Crippen molar-refractivity contribution in [1.82, 2.24) is 19.5 Å². The van der Waals surface area contributed by atoms with Crippen molar-refractivity contribution in [3.8, 4) is 0 Å². The Labute approximate surface area is 146 Å². The van der Waals surface area contributed by atoms with Gasteiger partial charge in [-0.25, -0.2) is 4.98 Å². The van der Waals surface area contributed by atoms with E-state index in [0.29, 0.717) is 17.6 Å². The number of rotatable bonds is 3. The van der Waals surface area contributed by atoms with Crippen LogP contribution in [0.3, 0.4) is 0 Å². The van der Waals surface area contributed by atoms with Crippen molar-refractivity contribution in [2.45, 2.75) is 24.7 Å². The highest BCUT2D eigenvalue weighted by atomic mass is 35.5. The number of nitrogens with two attached hydrogens (primary N) is 1. The number of nitrogen functional groups attached to an aromatic ring is 1. The van der Waals surface area contributed by atoms with Gasteiger partial charge in [-0.2, -0.15) is 9.97 Å². The van der Waals surface area contributed by atoms with E-state index in [9.17, 15) is 14.8 Å². The summed E-state index contributed by atoms with van der Waals surface area (Å²) >= 11 is 5.85. The molecule has 0 aliphatic heterocycles. The molecule has 2 aromatic rings. The minimum atomic E-state index is -4.36. The van der Waals surface area contributed by atoms with Crippen LogP contribution in [0.5, 0.6) is 0 Å². The van der Waals surface area contributed by atoms with E-state index in [4.69, 9.17) is 27.1 Å². The Morgan fingerprint density at radius 1 is 1.40 bits per heavy atom. The number of hydrogen-bond donors (Lipinski definition) is 5. The van der Waals surface area contributed by atoms with Gasteiger partial charge in [-0.1, -0.05) is 6.08 Å². The SMILES string of the molecule is Nc1nc(Cl)nc2c1ncn2[C@H]1[C@H](O)[C@H](O)[C@@]2(C=CP(=O)(O)O)C[C@H]12. The number of imidazole rings is 1. The first kappa shape index (κ1) is 16.9. The number of nitrogens with zero attached hydrogens (tertiary/aromatic N) is 4. The highest BCUT2D eigenvalue weighted by Gasteiger charge is 2.70. The summed E-state index contributed by atoms with van der Waals surface area (Å²) in [5.41, 5.74) is 5.55. The van der Waals surface area contributed by atoms with E-state index in [1.807, 2.05) is 0 Å². The van der Waals surface area contributed by atoms with Crippen LogP contribution in [0.2, 0.25) is 5.28 Å². The summed E-state index contributed by atoms with van der Waals surface area (Å²) in [7, 11) is -4.36. The molecule has 134 valence electrons. The number of aliphatic hydroxyl groups excluding tert-OH is 2. The van der Waals surface area contributed by atoms with Gasteiger partial charge in [-0.05, 0) is 23.9 Å². The van der Waals surface area contributed by atoms with Crippen LogP contribution in [-0.2, 0) is 4.57 Å². The predicted octanol–water partition coefficient (Wildman–Crippen LogP) is 0.0361. The Hall–Kier alpha value is -1.55. The zero-order chi connectivity index (χ0) is 18.1. The van der Waals surface area contributed by atoms with Gasteiger partial charge in [0.25, 0.3) is 0 Å². The third-order valence-electron chi connectivity index (χ3n) is 5.06. The van der Waals surface area contributed by atoms with Crippen LogP contribution in [0.15, 0.2) is 18.2 Å². The van der Waals surface area contributed by atoms with Gasteiger partial charge in [0.05, 0.1) is 18.5 Å². The maximum absolute atomic E-state index is 11.1. The molecule has 2 aliphatic rings. The van der Waals surface area contributed by atoms with Gasteiger partial charge in [0, 0.05) is 11.2 Å². The van der Waals surface area contributed by atoms with E-state index >= 15 is 0 Å². The molecule has 0 radical (unpaired) electrons. The second-order valence-electron chi connectivity index (χ2n) is 6.46. The number of aliphatic hydroxyl groups is 2. The Morgan fingerprint density at radius 2 is 2.12 bits per heavy atom. The molecule has 2 heterocycles. The van der Waals surface area contributed by atoms with E-state index in [0.717, 1.165) is 5.82 Å². The topological polar surface area (TPSA) is 168 Å². The molecule has 2 aromatic heterocycles. The minimum absolute atomic E-state index is 0.0664. The Kier molecular flexibility index (Phi) is 3.53. The lowest BCUT2D eigenvalue weighted by atomic mass is 10.00. The van der Waals surface area contributed by atoms with Crippen molar-refractivity contribution in [3.63, 3.8) is 0 Å². The number of anilines is 1. The fraction of sp³-hybridized carbons (Fsp3) is 0.462. The Morgan fingerprint density at radius 3 is 2.80 bits per heavy atom. The molecule has 0 saturated heterocycles. The van der Waals surface area contributed by atoms with Crippen molar-refractivity contribution in [2.75, 3.05) is 5.73 Å². The zero-order valence-electron chi connectivity index (χ0n) is 12.6. The van der Waals surface area contributed by atoms with Crippen LogP contribution in [0.1, 0.15) is 12.5 Å². The first-order chi connectivity index (χ1) is 11.6. The van der Waals surface area contributed by atoms with Crippen molar-refractivity contribution in [1.29, 1.82) is 0 Å². The van der Waals surface area contributed by atoms with Crippen LogP contribution < -0.4 is 5.73 Å². The molecular formula is C13H15ClN5O5P. The fourth-order valence-corrected chi connectivity index (χ4v) is 4.50. The molecule has 25 heavy (non-hydrogen) atoms. The lowest BCUT2D eigenvalue weighted by Crippen LogP contribution is -2.33. The Bertz CT molecular complexity index is 944. The standard InChI is InChI=1S/C13H15ClN5O5P/c14-12-17-10(15)6-11(18-12)19(4-16-6)7-5-3-13(5,9(21)8(7)20)1-2-25(22,23)24/h1-2,4-5,7-9,20-21H,3H2,(H2,15,17,18)(H2,22,23,24)/t5-,7-,8+,9+,13+/m1/s1. The maximum Gasteiger partial charge on any atom is 0.348 e. The molecule has 0 unspecified atom stereocenters. The zero-order valence-corrected chi connectivity index (χ0v) is 14.3. The van der Waals surface area contributed by atoms with E-state index in [-0.39, 0.29) is 17.0 Å². The van der Waals surface area contributed by atoms with E-state index in [1.54, 1.807) is 4.57 Å². The van der Waals surface area contributed by atoms with Gasteiger partial charge in [-0.3, -0.25) is 4.57 Å².